The van der Waals surface area contributed by atoms with E-state index in [0.717, 1.165) is 31.4 Å². The largest absolute Gasteiger partial charge is 0.480 e. The van der Waals surface area contributed by atoms with Crippen LogP contribution in [0.25, 0.3) is 0 Å². The summed E-state index contributed by atoms with van der Waals surface area (Å²) in [6.07, 6.45) is 7.66. The molecule has 2 saturated carbocycles. The molecule has 0 aliphatic heterocycles. The minimum absolute atomic E-state index is 0.0535. The number of nitrogens with one attached hydrogen (secondary N) is 2. The lowest BCUT2D eigenvalue weighted by Gasteiger charge is -2.42. The number of urea groups is 1. The van der Waals surface area contributed by atoms with Crippen LogP contribution in [0.1, 0.15) is 63.6 Å². The molecule has 0 spiro atoms. The van der Waals surface area contributed by atoms with E-state index in [1.54, 1.807) is 0 Å². The highest BCUT2D eigenvalue weighted by Gasteiger charge is 2.34. The van der Waals surface area contributed by atoms with Gasteiger partial charge < -0.3 is 10.4 Å². The number of aryl methyl sites for hydroxylation is 1. The first-order chi connectivity index (χ1) is 13.0. The van der Waals surface area contributed by atoms with Gasteiger partial charge in [0.1, 0.15) is 0 Å². The fourth-order valence-electron chi connectivity index (χ4n) is 4.26. The topological polar surface area (TPSA) is 99.5 Å². The molecule has 2 aliphatic rings. The van der Waals surface area contributed by atoms with Gasteiger partial charge in [-0.1, -0.05) is 26.2 Å². The molecule has 8 heteroatoms. The highest BCUT2D eigenvalue weighted by molar-refractivity contribution is 5.88. The van der Waals surface area contributed by atoms with Gasteiger partial charge in [-0.15, -0.1) is 0 Å². The van der Waals surface area contributed by atoms with Crippen molar-refractivity contribution in [2.45, 2.75) is 76.9 Å². The standard InChI is InChI=1S/C19H31N5O3/c1-3-23(12-18(25)26)16-10-14(11-16)20-19(27)21-17-9-13(2)24(22-17)15-7-5-4-6-8-15/h9,14-16H,3-8,10-12H2,1-2H3,(H,25,26)(H2,20,21,22,27). The van der Waals surface area contributed by atoms with E-state index >= 15 is 0 Å². The smallest absolute Gasteiger partial charge is 0.320 e. The van der Waals surface area contributed by atoms with Crippen molar-refractivity contribution in [2.75, 3.05) is 18.4 Å². The zero-order valence-corrected chi connectivity index (χ0v) is 16.3. The molecule has 1 heterocycles. The Kier molecular flexibility index (Phi) is 6.36. The van der Waals surface area contributed by atoms with E-state index in [9.17, 15) is 9.59 Å². The minimum atomic E-state index is -0.810. The molecule has 27 heavy (non-hydrogen) atoms. The van der Waals surface area contributed by atoms with E-state index < -0.39 is 5.97 Å². The summed E-state index contributed by atoms with van der Waals surface area (Å²) in [5.74, 6) is -0.220. The van der Waals surface area contributed by atoms with Crippen LogP contribution >= 0.6 is 0 Å². The molecule has 0 aromatic carbocycles. The summed E-state index contributed by atoms with van der Waals surface area (Å²) < 4.78 is 2.05. The molecule has 3 rings (SSSR count). The van der Waals surface area contributed by atoms with Gasteiger partial charge in [-0.2, -0.15) is 5.10 Å². The fraction of sp³-hybridized carbons (Fsp3) is 0.737. The number of hydrogen-bond acceptors (Lipinski definition) is 4. The Labute approximate surface area is 160 Å². The highest BCUT2D eigenvalue weighted by atomic mass is 16.4. The Morgan fingerprint density at radius 2 is 2.00 bits per heavy atom. The van der Waals surface area contributed by atoms with E-state index in [1.807, 2.05) is 24.8 Å². The summed E-state index contributed by atoms with van der Waals surface area (Å²) in [7, 11) is 0. The summed E-state index contributed by atoms with van der Waals surface area (Å²) >= 11 is 0. The molecule has 2 aliphatic carbocycles. The van der Waals surface area contributed by atoms with Crippen molar-refractivity contribution >= 4 is 17.8 Å². The first-order valence-corrected chi connectivity index (χ1v) is 10.1. The second-order valence-electron chi connectivity index (χ2n) is 7.78. The molecule has 150 valence electrons. The number of aliphatic carboxylic acids is 1. The molecule has 8 nitrogen and oxygen atoms in total. The van der Waals surface area contributed by atoms with Gasteiger partial charge in [-0.05, 0) is 39.2 Å². The van der Waals surface area contributed by atoms with E-state index in [0.29, 0.717) is 18.4 Å². The number of carbonyl (C=O) groups is 2. The number of aromatic nitrogens is 2. The molecule has 3 N–H and O–H groups in total. The molecule has 0 bridgehead atoms. The number of likely N-dealkylation sites (N-methyl/N-ethyl adjacent to an activating group) is 1. The molecule has 0 atom stereocenters. The normalized spacial score (nSPS) is 23.1. The van der Waals surface area contributed by atoms with Gasteiger partial charge in [0.15, 0.2) is 5.82 Å². The third kappa shape index (κ3) is 5.00. The van der Waals surface area contributed by atoms with Crippen LogP contribution < -0.4 is 10.6 Å². The average Bonchev–Trinajstić information content (AvgIpc) is 2.96. The van der Waals surface area contributed by atoms with Crippen molar-refractivity contribution in [3.05, 3.63) is 11.8 Å². The molecule has 2 fully saturated rings. The molecule has 1 aromatic rings. The third-order valence-electron chi connectivity index (χ3n) is 5.79. The Balaban J connectivity index is 1.46. The Morgan fingerprint density at radius 1 is 1.30 bits per heavy atom. The molecule has 2 amide bonds. The van der Waals surface area contributed by atoms with Gasteiger partial charge in [-0.25, -0.2) is 4.79 Å². The van der Waals surface area contributed by atoms with Gasteiger partial charge >= 0.3 is 12.0 Å². The maximum Gasteiger partial charge on any atom is 0.320 e. The van der Waals surface area contributed by atoms with Crippen LogP contribution in [0.4, 0.5) is 10.6 Å². The van der Waals surface area contributed by atoms with Crippen LogP contribution in [0, 0.1) is 6.92 Å². The summed E-state index contributed by atoms with van der Waals surface area (Å²) in [6.45, 7) is 4.75. The highest BCUT2D eigenvalue weighted by Crippen LogP contribution is 2.29. The number of rotatable bonds is 7. The molecule has 0 unspecified atom stereocenters. The summed E-state index contributed by atoms with van der Waals surface area (Å²) in [5.41, 5.74) is 1.08. The molecule has 0 saturated heterocycles. The zero-order valence-electron chi connectivity index (χ0n) is 16.3. The Hall–Kier alpha value is -2.09. The number of anilines is 1. The number of hydrogen-bond donors (Lipinski definition) is 3. The predicted octanol–water partition coefficient (Wildman–Crippen LogP) is 2.76. The molecular weight excluding hydrogens is 346 g/mol. The van der Waals surface area contributed by atoms with Crippen LogP contribution in [0.3, 0.4) is 0 Å². The van der Waals surface area contributed by atoms with Crippen LogP contribution in [-0.2, 0) is 4.79 Å². The molecule has 1 aromatic heterocycles. The maximum atomic E-state index is 12.3. The van der Waals surface area contributed by atoms with E-state index in [4.69, 9.17) is 5.11 Å². The van der Waals surface area contributed by atoms with E-state index in [2.05, 4.69) is 20.4 Å². The van der Waals surface area contributed by atoms with Crippen LogP contribution in [0.5, 0.6) is 0 Å². The average molecular weight is 377 g/mol. The van der Waals surface area contributed by atoms with Gasteiger partial charge in [0, 0.05) is 23.8 Å². The van der Waals surface area contributed by atoms with Crippen molar-refractivity contribution in [2.24, 2.45) is 0 Å². The lowest BCUT2D eigenvalue weighted by Crippen LogP contribution is -2.55. The van der Waals surface area contributed by atoms with Crippen molar-refractivity contribution in [1.82, 2.24) is 20.0 Å². The van der Waals surface area contributed by atoms with Crippen LogP contribution in [0.2, 0.25) is 0 Å². The van der Waals surface area contributed by atoms with Crippen molar-refractivity contribution in [3.8, 4) is 0 Å². The lowest BCUT2D eigenvalue weighted by molar-refractivity contribution is -0.139. The molecule has 0 radical (unpaired) electrons. The quantitative estimate of drug-likeness (QED) is 0.678. The number of carboxylic acid groups (broad SMARTS) is 1. The first kappa shape index (κ1) is 19.7. The van der Waals surface area contributed by atoms with Gasteiger partial charge in [0.2, 0.25) is 0 Å². The van der Waals surface area contributed by atoms with Gasteiger partial charge in [0.05, 0.1) is 12.6 Å². The van der Waals surface area contributed by atoms with E-state index in [-0.39, 0.29) is 24.7 Å². The molecular formula is C19H31N5O3. The van der Waals surface area contributed by atoms with Crippen LogP contribution in [-0.4, -0.2) is 57.0 Å². The predicted molar refractivity (Wildman–Crippen MR) is 103 cm³/mol. The third-order valence-corrected chi connectivity index (χ3v) is 5.79. The van der Waals surface area contributed by atoms with Gasteiger partial charge in [0.25, 0.3) is 0 Å². The summed E-state index contributed by atoms with van der Waals surface area (Å²) in [6, 6.07) is 2.43. The summed E-state index contributed by atoms with van der Waals surface area (Å²) in [5, 5.41) is 19.3. The van der Waals surface area contributed by atoms with E-state index in [1.165, 1.54) is 19.3 Å². The zero-order chi connectivity index (χ0) is 19.4. The SMILES string of the molecule is CCN(CC(=O)O)C1CC(NC(=O)Nc2cc(C)n(C3CCCCC3)n2)C1. The summed E-state index contributed by atoms with van der Waals surface area (Å²) in [4.78, 5) is 25.1. The van der Waals surface area contributed by atoms with Crippen LogP contribution in [0.15, 0.2) is 6.07 Å². The number of carbonyl (C=O) groups excluding carboxylic acids is 1. The second kappa shape index (κ2) is 8.73. The number of amides is 2. The minimum Gasteiger partial charge on any atom is -0.480 e. The van der Waals surface area contributed by atoms with Crippen molar-refractivity contribution in [3.63, 3.8) is 0 Å². The lowest BCUT2D eigenvalue weighted by atomic mass is 9.85. The van der Waals surface area contributed by atoms with Crippen molar-refractivity contribution < 1.29 is 14.7 Å². The number of nitrogens with zero attached hydrogens (tertiary/aromatic N) is 3. The fourth-order valence-corrected chi connectivity index (χ4v) is 4.26. The van der Waals surface area contributed by atoms with Gasteiger partial charge in [-0.3, -0.25) is 19.7 Å². The number of carboxylic acids is 1. The monoisotopic (exact) mass is 377 g/mol. The Morgan fingerprint density at radius 3 is 2.63 bits per heavy atom. The Bertz CT molecular complexity index is 662. The first-order valence-electron chi connectivity index (χ1n) is 10.1. The maximum absolute atomic E-state index is 12.3. The second-order valence-corrected chi connectivity index (χ2v) is 7.78. The van der Waals surface area contributed by atoms with Crippen molar-refractivity contribution in [1.29, 1.82) is 0 Å².